The van der Waals surface area contributed by atoms with Crippen LogP contribution in [0.25, 0.3) is 0 Å². The highest BCUT2D eigenvalue weighted by molar-refractivity contribution is 5.76. The first-order valence-corrected chi connectivity index (χ1v) is 5.33. The first kappa shape index (κ1) is 11.7. The van der Waals surface area contributed by atoms with E-state index in [4.69, 9.17) is 14.2 Å². The normalized spacial score (nSPS) is 14.6. The average Bonchev–Trinajstić information content (AvgIpc) is 2.76. The third-order valence-electron chi connectivity index (χ3n) is 2.71. The first-order chi connectivity index (χ1) is 8.22. The molecule has 0 aliphatic carbocycles. The lowest BCUT2D eigenvalue weighted by Gasteiger charge is -2.12. The number of fused-ring (bicyclic) bond motifs is 1. The van der Waals surface area contributed by atoms with Crippen molar-refractivity contribution < 1.29 is 24.1 Å². The van der Waals surface area contributed by atoms with E-state index in [1.54, 1.807) is 25.3 Å². The Morgan fingerprint density at radius 1 is 1.47 bits per heavy atom. The van der Waals surface area contributed by atoms with Crippen molar-refractivity contribution in [3.05, 3.63) is 23.8 Å². The minimum atomic E-state index is -0.860. The van der Waals surface area contributed by atoms with Gasteiger partial charge in [0.15, 0.2) is 11.5 Å². The molecule has 1 heterocycles. The Labute approximate surface area is 98.9 Å². The molecule has 0 saturated heterocycles. The standard InChI is InChI=1S/C12H14O5/c1-15-5-4-9(12(13)14)8-2-3-10-11(6-8)17-7-16-10/h2-3,6,9H,4-5,7H2,1H3,(H,13,14). The SMILES string of the molecule is COCCC(C(=O)O)c1ccc2c(c1)OCO2. The van der Waals surface area contributed by atoms with E-state index in [-0.39, 0.29) is 6.79 Å². The molecule has 1 N–H and O–H groups in total. The maximum absolute atomic E-state index is 11.2. The molecule has 0 aromatic heterocycles. The smallest absolute Gasteiger partial charge is 0.311 e. The van der Waals surface area contributed by atoms with E-state index in [9.17, 15) is 9.90 Å². The minimum absolute atomic E-state index is 0.189. The van der Waals surface area contributed by atoms with Crippen LogP contribution in [0.4, 0.5) is 0 Å². The molecule has 0 saturated carbocycles. The van der Waals surface area contributed by atoms with Gasteiger partial charge in [-0.05, 0) is 24.1 Å². The zero-order chi connectivity index (χ0) is 12.3. The van der Waals surface area contributed by atoms with Gasteiger partial charge in [0, 0.05) is 13.7 Å². The fourth-order valence-electron chi connectivity index (χ4n) is 1.80. The number of benzene rings is 1. The molecule has 1 aromatic rings. The van der Waals surface area contributed by atoms with Crippen LogP contribution in [-0.2, 0) is 9.53 Å². The monoisotopic (exact) mass is 238 g/mol. The third-order valence-corrected chi connectivity index (χ3v) is 2.71. The highest BCUT2D eigenvalue weighted by atomic mass is 16.7. The van der Waals surface area contributed by atoms with Crippen molar-refractivity contribution in [3.63, 3.8) is 0 Å². The predicted molar refractivity (Wildman–Crippen MR) is 59.4 cm³/mol. The summed E-state index contributed by atoms with van der Waals surface area (Å²) in [7, 11) is 1.55. The molecule has 0 fully saturated rings. The quantitative estimate of drug-likeness (QED) is 0.844. The largest absolute Gasteiger partial charge is 0.481 e. The summed E-state index contributed by atoms with van der Waals surface area (Å²) >= 11 is 0. The van der Waals surface area contributed by atoms with Crippen LogP contribution in [0.2, 0.25) is 0 Å². The zero-order valence-electron chi connectivity index (χ0n) is 9.51. The average molecular weight is 238 g/mol. The summed E-state index contributed by atoms with van der Waals surface area (Å²) < 4.78 is 15.3. The van der Waals surface area contributed by atoms with Gasteiger partial charge in [0.05, 0.1) is 5.92 Å². The molecular formula is C12H14O5. The summed E-state index contributed by atoms with van der Waals surface area (Å²) in [4.78, 5) is 11.2. The van der Waals surface area contributed by atoms with E-state index in [0.717, 1.165) is 0 Å². The lowest BCUT2D eigenvalue weighted by molar-refractivity contribution is -0.139. The molecule has 2 rings (SSSR count). The van der Waals surface area contributed by atoms with Crippen LogP contribution in [0.15, 0.2) is 18.2 Å². The molecule has 17 heavy (non-hydrogen) atoms. The van der Waals surface area contributed by atoms with Gasteiger partial charge in [0.1, 0.15) is 0 Å². The van der Waals surface area contributed by atoms with Crippen molar-refractivity contribution in [3.8, 4) is 11.5 Å². The van der Waals surface area contributed by atoms with Gasteiger partial charge in [-0.25, -0.2) is 0 Å². The molecular weight excluding hydrogens is 224 g/mol. The van der Waals surface area contributed by atoms with Gasteiger partial charge < -0.3 is 19.3 Å². The fraction of sp³-hybridized carbons (Fsp3) is 0.417. The van der Waals surface area contributed by atoms with E-state index in [2.05, 4.69) is 0 Å². The lowest BCUT2D eigenvalue weighted by atomic mass is 9.96. The van der Waals surface area contributed by atoms with E-state index < -0.39 is 11.9 Å². The summed E-state index contributed by atoms with van der Waals surface area (Å²) in [5, 5.41) is 9.17. The minimum Gasteiger partial charge on any atom is -0.481 e. The second-order valence-electron chi connectivity index (χ2n) is 3.78. The first-order valence-electron chi connectivity index (χ1n) is 5.33. The Kier molecular flexibility index (Phi) is 3.49. The maximum atomic E-state index is 11.2. The Balaban J connectivity index is 2.20. The zero-order valence-corrected chi connectivity index (χ0v) is 9.51. The highest BCUT2D eigenvalue weighted by Gasteiger charge is 2.22. The number of ether oxygens (including phenoxy) is 3. The molecule has 1 unspecified atom stereocenters. The van der Waals surface area contributed by atoms with Gasteiger partial charge >= 0.3 is 5.97 Å². The lowest BCUT2D eigenvalue weighted by Crippen LogP contribution is -2.13. The van der Waals surface area contributed by atoms with Crippen molar-refractivity contribution in [1.82, 2.24) is 0 Å². The molecule has 1 aromatic carbocycles. The van der Waals surface area contributed by atoms with Crippen molar-refractivity contribution in [1.29, 1.82) is 0 Å². The third kappa shape index (κ3) is 2.50. The molecule has 1 aliphatic heterocycles. The topological polar surface area (TPSA) is 65.0 Å². The van der Waals surface area contributed by atoms with Gasteiger partial charge in [0.2, 0.25) is 6.79 Å². The van der Waals surface area contributed by atoms with Crippen molar-refractivity contribution in [2.24, 2.45) is 0 Å². The van der Waals surface area contributed by atoms with E-state index in [0.29, 0.717) is 30.1 Å². The second-order valence-corrected chi connectivity index (χ2v) is 3.78. The summed E-state index contributed by atoms with van der Waals surface area (Å²) in [6.45, 7) is 0.597. The van der Waals surface area contributed by atoms with Crippen LogP contribution in [-0.4, -0.2) is 31.6 Å². The van der Waals surface area contributed by atoms with Gasteiger partial charge in [-0.1, -0.05) is 6.07 Å². The van der Waals surface area contributed by atoms with Crippen LogP contribution >= 0.6 is 0 Å². The summed E-state index contributed by atoms with van der Waals surface area (Å²) in [5.41, 5.74) is 0.707. The number of hydrogen-bond acceptors (Lipinski definition) is 4. The van der Waals surface area contributed by atoms with Crippen molar-refractivity contribution >= 4 is 5.97 Å². The molecule has 5 nitrogen and oxygen atoms in total. The highest BCUT2D eigenvalue weighted by Crippen LogP contribution is 2.35. The summed E-state index contributed by atoms with van der Waals surface area (Å²) in [6.07, 6.45) is 0.436. The molecule has 5 heteroatoms. The number of hydrogen-bond donors (Lipinski definition) is 1. The molecule has 92 valence electrons. The molecule has 0 bridgehead atoms. The molecule has 0 amide bonds. The van der Waals surface area contributed by atoms with Crippen LogP contribution in [0.5, 0.6) is 11.5 Å². The number of carbonyl (C=O) groups is 1. The van der Waals surface area contributed by atoms with Gasteiger partial charge in [0.25, 0.3) is 0 Å². The molecule has 1 aliphatic rings. The Hall–Kier alpha value is -1.75. The number of carboxylic acids is 1. The number of rotatable bonds is 5. The van der Waals surface area contributed by atoms with Crippen LogP contribution < -0.4 is 9.47 Å². The van der Waals surface area contributed by atoms with Gasteiger partial charge in [-0.15, -0.1) is 0 Å². The van der Waals surface area contributed by atoms with Crippen LogP contribution in [0.3, 0.4) is 0 Å². The van der Waals surface area contributed by atoms with Crippen LogP contribution in [0, 0.1) is 0 Å². The molecule has 0 spiro atoms. The Bertz CT molecular complexity index is 415. The number of methoxy groups -OCH3 is 1. The van der Waals surface area contributed by atoms with E-state index in [1.807, 2.05) is 0 Å². The van der Waals surface area contributed by atoms with Crippen molar-refractivity contribution in [2.75, 3.05) is 20.5 Å². The molecule has 0 radical (unpaired) electrons. The number of carboxylic acid groups (broad SMARTS) is 1. The summed E-state index contributed by atoms with van der Waals surface area (Å²) in [6, 6.07) is 5.21. The number of aliphatic carboxylic acids is 1. The Morgan fingerprint density at radius 2 is 2.24 bits per heavy atom. The van der Waals surface area contributed by atoms with E-state index in [1.165, 1.54) is 0 Å². The maximum Gasteiger partial charge on any atom is 0.311 e. The fourth-order valence-corrected chi connectivity index (χ4v) is 1.80. The molecule has 1 atom stereocenters. The van der Waals surface area contributed by atoms with E-state index >= 15 is 0 Å². The Morgan fingerprint density at radius 3 is 2.94 bits per heavy atom. The summed E-state index contributed by atoms with van der Waals surface area (Å²) in [5.74, 6) is -0.179. The second kappa shape index (κ2) is 5.05. The van der Waals surface area contributed by atoms with Crippen LogP contribution in [0.1, 0.15) is 17.9 Å². The van der Waals surface area contributed by atoms with Gasteiger partial charge in [-0.2, -0.15) is 0 Å². The predicted octanol–water partition coefficient (Wildman–Crippen LogP) is 1.62. The van der Waals surface area contributed by atoms with Crippen molar-refractivity contribution in [2.45, 2.75) is 12.3 Å². The van der Waals surface area contributed by atoms with Gasteiger partial charge in [-0.3, -0.25) is 4.79 Å².